The molecule has 1 saturated carbocycles. The summed E-state index contributed by atoms with van der Waals surface area (Å²) in [5.74, 6) is -0.831. The van der Waals surface area contributed by atoms with Gasteiger partial charge in [0.2, 0.25) is 5.91 Å². The molecule has 0 atom stereocenters. The molecule has 0 aromatic heterocycles. The first-order valence-corrected chi connectivity index (χ1v) is 8.69. The number of anilines is 1. The highest BCUT2D eigenvalue weighted by molar-refractivity contribution is 5.99. The average molecular weight is 337 g/mol. The fraction of sp³-hybridized carbons (Fsp3) is 0.333. The molecule has 0 unspecified atom stereocenters. The third kappa shape index (κ3) is 3.73. The first kappa shape index (κ1) is 17.2. The average Bonchev–Trinajstić information content (AvgIpc) is 3.07. The Labute approximate surface area is 147 Å². The predicted octanol–water partition coefficient (Wildman–Crippen LogP) is 4.07. The third-order valence-corrected chi connectivity index (χ3v) is 5.03. The molecule has 0 radical (unpaired) electrons. The third-order valence-electron chi connectivity index (χ3n) is 5.03. The summed E-state index contributed by atoms with van der Waals surface area (Å²) in [6.45, 7) is 2.05. The lowest BCUT2D eigenvalue weighted by Gasteiger charge is -2.28. The Balaban J connectivity index is 1.81. The lowest BCUT2D eigenvalue weighted by Crippen LogP contribution is -2.38. The van der Waals surface area contributed by atoms with Gasteiger partial charge in [-0.15, -0.1) is 0 Å². The molecular formula is C21H23NO3. The molecule has 0 spiro atoms. The van der Waals surface area contributed by atoms with E-state index in [2.05, 4.69) is 11.4 Å². The number of amides is 1. The van der Waals surface area contributed by atoms with Gasteiger partial charge in [0.25, 0.3) is 0 Å². The Morgan fingerprint density at radius 3 is 2.36 bits per heavy atom. The Hall–Kier alpha value is -2.62. The maximum atomic E-state index is 13.1. The molecule has 0 aliphatic heterocycles. The molecule has 4 nitrogen and oxygen atoms in total. The predicted molar refractivity (Wildman–Crippen MR) is 97.7 cm³/mol. The molecule has 1 fully saturated rings. The lowest BCUT2D eigenvalue weighted by molar-refractivity contribution is -0.136. The first-order valence-electron chi connectivity index (χ1n) is 8.69. The number of aliphatic carboxylic acids is 1. The van der Waals surface area contributed by atoms with E-state index in [9.17, 15) is 9.59 Å². The van der Waals surface area contributed by atoms with Crippen LogP contribution in [0.15, 0.2) is 48.5 Å². The van der Waals surface area contributed by atoms with Crippen LogP contribution < -0.4 is 5.32 Å². The number of aryl methyl sites for hydroxylation is 1. The number of carboxylic acids is 1. The van der Waals surface area contributed by atoms with Crippen molar-refractivity contribution < 1.29 is 14.7 Å². The summed E-state index contributed by atoms with van der Waals surface area (Å²) in [6, 6.07) is 15.3. The van der Waals surface area contributed by atoms with Crippen LogP contribution in [-0.4, -0.2) is 17.0 Å². The van der Waals surface area contributed by atoms with Gasteiger partial charge in [-0.2, -0.15) is 0 Å². The summed E-state index contributed by atoms with van der Waals surface area (Å²) >= 11 is 0. The van der Waals surface area contributed by atoms with E-state index in [1.807, 2.05) is 25.1 Å². The number of carboxylic acid groups (broad SMARTS) is 1. The van der Waals surface area contributed by atoms with Crippen molar-refractivity contribution in [3.8, 4) is 0 Å². The van der Waals surface area contributed by atoms with Gasteiger partial charge >= 0.3 is 5.97 Å². The summed E-state index contributed by atoms with van der Waals surface area (Å²) in [5, 5.41) is 11.9. The van der Waals surface area contributed by atoms with Crippen LogP contribution in [-0.2, 0) is 21.4 Å². The zero-order chi connectivity index (χ0) is 17.9. The van der Waals surface area contributed by atoms with E-state index in [0.717, 1.165) is 42.4 Å². The van der Waals surface area contributed by atoms with E-state index in [0.29, 0.717) is 5.69 Å². The van der Waals surface area contributed by atoms with Gasteiger partial charge in [-0.1, -0.05) is 54.8 Å². The second kappa shape index (κ2) is 7.09. The van der Waals surface area contributed by atoms with Gasteiger partial charge < -0.3 is 10.4 Å². The van der Waals surface area contributed by atoms with E-state index >= 15 is 0 Å². The second-order valence-electron chi connectivity index (χ2n) is 6.88. The molecule has 0 saturated heterocycles. The van der Waals surface area contributed by atoms with Crippen LogP contribution >= 0.6 is 0 Å². The molecule has 2 aromatic rings. The number of carbonyl (C=O) groups excluding carboxylic acids is 1. The van der Waals surface area contributed by atoms with E-state index in [-0.39, 0.29) is 12.3 Å². The summed E-state index contributed by atoms with van der Waals surface area (Å²) in [5.41, 5.74) is 3.21. The minimum absolute atomic E-state index is 0.0124. The highest BCUT2D eigenvalue weighted by atomic mass is 16.4. The Bertz CT molecular complexity index is 774. The fourth-order valence-electron chi connectivity index (χ4n) is 3.70. The van der Waals surface area contributed by atoms with E-state index < -0.39 is 11.4 Å². The number of carbonyl (C=O) groups is 2. The standard InChI is InChI=1S/C21H23NO3/c1-15-5-4-6-17(13-15)21(11-2-3-12-21)20(25)22-18-9-7-16(8-10-18)14-19(23)24/h4-10,13H,2-3,11-12,14H2,1H3,(H,22,25)(H,23,24). The number of rotatable bonds is 5. The smallest absolute Gasteiger partial charge is 0.307 e. The Morgan fingerprint density at radius 1 is 1.08 bits per heavy atom. The van der Waals surface area contributed by atoms with Crippen molar-refractivity contribution in [2.75, 3.05) is 5.32 Å². The van der Waals surface area contributed by atoms with E-state index in [1.54, 1.807) is 24.3 Å². The van der Waals surface area contributed by atoms with Crippen LogP contribution in [0.1, 0.15) is 42.4 Å². The molecule has 0 bridgehead atoms. The van der Waals surface area contributed by atoms with Crippen LogP contribution in [0, 0.1) is 6.92 Å². The molecule has 1 aliphatic carbocycles. The van der Waals surface area contributed by atoms with Gasteiger partial charge in [-0.3, -0.25) is 9.59 Å². The molecular weight excluding hydrogens is 314 g/mol. The van der Waals surface area contributed by atoms with Crippen LogP contribution in [0.4, 0.5) is 5.69 Å². The number of benzene rings is 2. The van der Waals surface area contributed by atoms with Gasteiger partial charge in [-0.05, 0) is 43.0 Å². The van der Waals surface area contributed by atoms with Crippen molar-refractivity contribution in [2.24, 2.45) is 0 Å². The van der Waals surface area contributed by atoms with Gasteiger partial charge in [0.05, 0.1) is 11.8 Å². The Kier molecular flexibility index (Phi) is 4.88. The zero-order valence-corrected chi connectivity index (χ0v) is 14.4. The maximum absolute atomic E-state index is 13.1. The lowest BCUT2D eigenvalue weighted by atomic mass is 9.77. The van der Waals surface area contributed by atoms with Gasteiger partial charge in [-0.25, -0.2) is 0 Å². The van der Waals surface area contributed by atoms with Gasteiger partial charge in [0, 0.05) is 5.69 Å². The first-order chi connectivity index (χ1) is 12.0. The van der Waals surface area contributed by atoms with Crippen molar-refractivity contribution in [3.05, 3.63) is 65.2 Å². The zero-order valence-electron chi connectivity index (χ0n) is 14.4. The maximum Gasteiger partial charge on any atom is 0.307 e. The Morgan fingerprint density at radius 2 is 1.76 bits per heavy atom. The molecule has 1 aliphatic rings. The quantitative estimate of drug-likeness (QED) is 0.864. The minimum atomic E-state index is -0.860. The molecule has 3 rings (SSSR count). The topological polar surface area (TPSA) is 66.4 Å². The van der Waals surface area contributed by atoms with Crippen molar-refractivity contribution in [2.45, 2.75) is 44.4 Å². The van der Waals surface area contributed by atoms with Gasteiger partial charge in [0.1, 0.15) is 0 Å². The molecule has 2 N–H and O–H groups in total. The van der Waals surface area contributed by atoms with Crippen LogP contribution in [0.5, 0.6) is 0 Å². The normalized spacial score (nSPS) is 15.7. The van der Waals surface area contributed by atoms with Crippen molar-refractivity contribution >= 4 is 17.6 Å². The molecule has 2 aromatic carbocycles. The molecule has 1 amide bonds. The summed E-state index contributed by atoms with van der Waals surface area (Å²) in [4.78, 5) is 23.9. The van der Waals surface area contributed by atoms with Crippen LogP contribution in [0.25, 0.3) is 0 Å². The molecule has 25 heavy (non-hydrogen) atoms. The minimum Gasteiger partial charge on any atom is -0.481 e. The highest BCUT2D eigenvalue weighted by Crippen LogP contribution is 2.42. The largest absolute Gasteiger partial charge is 0.481 e. The van der Waals surface area contributed by atoms with Gasteiger partial charge in [0.15, 0.2) is 0 Å². The summed E-state index contributed by atoms with van der Waals surface area (Å²) < 4.78 is 0. The summed E-state index contributed by atoms with van der Waals surface area (Å²) in [6.07, 6.45) is 3.82. The number of hydrogen-bond acceptors (Lipinski definition) is 2. The number of hydrogen-bond donors (Lipinski definition) is 2. The monoisotopic (exact) mass is 337 g/mol. The van der Waals surface area contributed by atoms with Crippen LogP contribution in [0.2, 0.25) is 0 Å². The highest BCUT2D eigenvalue weighted by Gasteiger charge is 2.42. The number of nitrogens with one attached hydrogen (secondary N) is 1. The SMILES string of the molecule is Cc1cccc(C2(C(=O)Nc3ccc(CC(=O)O)cc3)CCCC2)c1. The summed E-state index contributed by atoms with van der Waals surface area (Å²) in [7, 11) is 0. The second-order valence-corrected chi connectivity index (χ2v) is 6.88. The van der Waals surface area contributed by atoms with E-state index in [4.69, 9.17) is 5.11 Å². The van der Waals surface area contributed by atoms with Crippen LogP contribution in [0.3, 0.4) is 0 Å². The molecule has 130 valence electrons. The molecule has 0 heterocycles. The molecule has 4 heteroatoms. The van der Waals surface area contributed by atoms with Crippen molar-refractivity contribution in [3.63, 3.8) is 0 Å². The van der Waals surface area contributed by atoms with Crippen molar-refractivity contribution in [1.82, 2.24) is 0 Å². The van der Waals surface area contributed by atoms with Crippen molar-refractivity contribution in [1.29, 1.82) is 0 Å². The van der Waals surface area contributed by atoms with E-state index in [1.165, 1.54) is 0 Å². The fourth-order valence-corrected chi connectivity index (χ4v) is 3.70.